The molecule has 0 spiro atoms. The Labute approximate surface area is 143 Å². The summed E-state index contributed by atoms with van der Waals surface area (Å²) in [6.07, 6.45) is 3.10. The molecule has 0 aliphatic heterocycles. The van der Waals surface area contributed by atoms with E-state index in [9.17, 15) is 4.79 Å². The number of nitriles is 1. The lowest BCUT2D eigenvalue weighted by molar-refractivity contribution is 0.102. The van der Waals surface area contributed by atoms with Crippen LogP contribution in [0.25, 0.3) is 5.69 Å². The number of pyridine rings is 1. The maximum absolute atomic E-state index is 12.3. The van der Waals surface area contributed by atoms with Crippen molar-refractivity contribution in [2.75, 3.05) is 18.2 Å². The summed E-state index contributed by atoms with van der Waals surface area (Å²) in [5.74, 6) is 0.101. The van der Waals surface area contributed by atoms with E-state index in [0.717, 1.165) is 0 Å². The Balaban J connectivity index is 1.78. The maximum Gasteiger partial charge on any atom is 0.261 e. The van der Waals surface area contributed by atoms with Crippen LogP contribution in [0.3, 0.4) is 0 Å². The largest absolute Gasteiger partial charge is 0.480 e. The topological polar surface area (TPSA) is 119 Å². The molecule has 25 heavy (non-hydrogen) atoms. The quantitative estimate of drug-likeness (QED) is 0.753. The Morgan fingerprint density at radius 3 is 2.72 bits per heavy atom. The van der Waals surface area contributed by atoms with Crippen LogP contribution in [0.1, 0.15) is 15.9 Å². The third-order valence-corrected chi connectivity index (χ3v) is 3.46. The van der Waals surface area contributed by atoms with Gasteiger partial charge in [0.2, 0.25) is 5.88 Å². The van der Waals surface area contributed by atoms with Crippen LogP contribution >= 0.6 is 0 Å². The van der Waals surface area contributed by atoms with Crippen LogP contribution in [-0.4, -0.2) is 27.8 Å². The van der Waals surface area contributed by atoms with E-state index < -0.39 is 0 Å². The van der Waals surface area contributed by atoms with Gasteiger partial charge in [0.05, 0.1) is 19.0 Å². The Kier molecular flexibility index (Phi) is 4.30. The van der Waals surface area contributed by atoms with Gasteiger partial charge in [-0.2, -0.15) is 5.26 Å². The minimum Gasteiger partial charge on any atom is -0.480 e. The second-order valence-electron chi connectivity index (χ2n) is 5.05. The number of ether oxygens (including phenoxy) is 1. The molecule has 2 aromatic heterocycles. The molecular formula is C17H14N6O2. The van der Waals surface area contributed by atoms with Gasteiger partial charge in [-0.3, -0.25) is 4.79 Å². The molecule has 0 atom stereocenters. The van der Waals surface area contributed by atoms with Crippen LogP contribution in [-0.2, 0) is 0 Å². The van der Waals surface area contributed by atoms with E-state index in [1.807, 2.05) is 6.07 Å². The Bertz CT molecular complexity index is 956. The summed E-state index contributed by atoms with van der Waals surface area (Å²) in [7, 11) is 1.46. The van der Waals surface area contributed by atoms with Crippen molar-refractivity contribution in [3.05, 3.63) is 59.9 Å². The van der Waals surface area contributed by atoms with Gasteiger partial charge < -0.3 is 15.8 Å². The normalized spacial score (nSPS) is 10.1. The van der Waals surface area contributed by atoms with E-state index in [-0.39, 0.29) is 17.6 Å². The molecular weight excluding hydrogens is 320 g/mol. The van der Waals surface area contributed by atoms with E-state index in [0.29, 0.717) is 22.5 Å². The van der Waals surface area contributed by atoms with Gasteiger partial charge in [0.15, 0.2) is 5.82 Å². The average Bonchev–Trinajstić information content (AvgIpc) is 3.03. The second-order valence-corrected chi connectivity index (χ2v) is 5.05. The fraction of sp³-hybridized carbons (Fsp3) is 0.0588. The summed E-state index contributed by atoms with van der Waals surface area (Å²) in [5, 5.41) is 15.8. The predicted octanol–water partition coefficient (Wildman–Crippen LogP) is 1.98. The molecule has 8 heteroatoms. The van der Waals surface area contributed by atoms with Gasteiger partial charge in [0.1, 0.15) is 17.2 Å². The minimum absolute atomic E-state index is 0.170. The predicted molar refractivity (Wildman–Crippen MR) is 91.4 cm³/mol. The second kappa shape index (κ2) is 6.72. The molecule has 0 aliphatic carbocycles. The van der Waals surface area contributed by atoms with Crippen molar-refractivity contribution in [2.24, 2.45) is 0 Å². The molecule has 0 saturated heterocycles. The Morgan fingerprint density at radius 2 is 2.08 bits per heavy atom. The average molecular weight is 334 g/mol. The Morgan fingerprint density at radius 1 is 1.32 bits per heavy atom. The van der Waals surface area contributed by atoms with Gasteiger partial charge in [-0.05, 0) is 36.4 Å². The first-order chi connectivity index (χ1) is 12.1. The molecule has 0 bridgehead atoms. The fourth-order valence-electron chi connectivity index (χ4n) is 2.23. The highest BCUT2D eigenvalue weighted by atomic mass is 16.5. The van der Waals surface area contributed by atoms with Gasteiger partial charge >= 0.3 is 0 Å². The number of amides is 1. The highest BCUT2D eigenvalue weighted by Crippen LogP contribution is 2.19. The number of nitrogens with two attached hydrogens (primary N) is 1. The van der Waals surface area contributed by atoms with Gasteiger partial charge in [-0.25, -0.2) is 9.67 Å². The van der Waals surface area contributed by atoms with Gasteiger partial charge in [-0.1, -0.05) is 0 Å². The highest BCUT2D eigenvalue weighted by molar-refractivity contribution is 6.05. The number of nitrogens with zero attached hydrogens (tertiary/aromatic N) is 4. The minimum atomic E-state index is -0.326. The van der Waals surface area contributed by atoms with E-state index in [2.05, 4.69) is 15.4 Å². The van der Waals surface area contributed by atoms with Crippen molar-refractivity contribution >= 4 is 17.4 Å². The number of benzene rings is 1. The summed E-state index contributed by atoms with van der Waals surface area (Å²) < 4.78 is 6.59. The number of nitrogens with one attached hydrogen (secondary N) is 1. The third-order valence-electron chi connectivity index (χ3n) is 3.46. The SMILES string of the molecule is COc1ncccc1C(=O)Nc1ccc(-n2cc(C#N)c(N)n2)cc1. The van der Waals surface area contributed by atoms with Crippen LogP contribution in [0.5, 0.6) is 5.88 Å². The first kappa shape index (κ1) is 16.0. The van der Waals surface area contributed by atoms with Crippen molar-refractivity contribution in [2.45, 2.75) is 0 Å². The number of anilines is 2. The number of methoxy groups -OCH3 is 1. The van der Waals surface area contributed by atoms with Gasteiger partial charge in [0, 0.05) is 11.9 Å². The molecule has 3 aromatic rings. The van der Waals surface area contributed by atoms with Crippen molar-refractivity contribution in [1.82, 2.24) is 14.8 Å². The lowest BCUT2D eigenvalue weighted by atomic mass is 10.2. The monoisotopic (exact) mass is 334 g/mol. The van der Waals surface area contributed by atoms with Crippen LogP contribution in [0.4, 0.5) is 11.5 Å². The number of nitrogen functional groups attached to an aromatic ring is 1. The molecule has 1 aromatic carbocycles. The molecule has 3 N–H and O–H groups in total. The van der Waals surface area contributed by atoms with E-state index in [1.54, 1.807) is 48.8 Å². The number of carbonyl (C=O) groups excluding carboxylic acids is 1. The smallest absolute Gasteiger partial charge is 0.261 e. The zero-order valence-electron chi connectivity index (χ0n) is 13.3. The standard InChI is InChI=1S/C17H14N6O2/c1-25-17-14(3-2-8-20-17)16(24)21-12-4-6-13(7-5-12)23-10-11(9-18)15(19)22-23/h2-8,10H,1H3,(H2,19,22)(H,21,24). The summed E-state index contributed by atoms with van der Waals surface area (Å²) in [6.45, 7) is 0. The fourth-order valence-corrected chi connectivity index (χ4v) is 2.23. The number of hydrogen-bond donors (Lipinski definition) is 2. The van der Waals surface area contributed by atoms with Gasteiger partial charge in [0.25, 0.3) is 5.91 Å². The van der Waals surface area contributed by atoms with Crippen LogP contribution in [0.2, 0.25) is 0 Å². The molecule has 2 heterocycles. The van der Waals surface area contributed by atoms with E-state index >= 15 is 0 Å². The number of hydrogen-bond acceptors (Lipinski definition) is 6. The lowest BCUT2D eigenvalue weighted by Crippen LogP contribution is -2.13. The number of carbonyl (C=O) groups is 1. The molecule has 3 rings (SSSR count). The van der Waals surface area contributed by atoms with Crippen molar-refractivity contribution in [1.29, 1.82) is 5.26 Å². The lowest BCUT2D eigenvalue weighted by Gasteiger charge is -2.09. The number of aromatic nitrogens is 3. The first-order valence-corrected chi connectivity index (χ1v) is 7.28. The third kappa shape index (κ3) is 3.25. The maximum atomic E-state index is 12.3. The number of rotatable bonds is 4. The van der Waals surface area contributed by atoms with Crippen LogP contribution in [0.15, 0.2) is 48.8 Å². The van der Waals surface area contributed by atoms with Crippen molar-refractivity contribution in [3.8, 4) is 17.6 Å². The molecule has 0 radical (unpaired) electrons. The van der Waals surface area contributed by atoms with Crippen molar-refractivity contribution in [3.63, 3.8) is 0 Å². The summed E-state index contributed by atoms with van der Waals surface area (Å²) >= 11 is 0. The summed E-state index contributed by atoms with van der Waals surface area (Å²) in [6, 6.07) is 12.2. The summed E-state index contributed by atoms with van der Waals surface area (Å²) in [4.78, 5) is 16.3. The van der Waals surface area contributed by atoms with E-state index in [4.69, 9.17) is 15.7 Å². The molecule has 1 amide bonds. The van der Waals surface area contributed by atoms with E-state index in [1.165, 1.54) is 11.8 Å². The van der Waals surface area contributed by atoms with Gasteiger partial charge in [-0.15, -0.1) is 5.10 Å². The van der Waals surface area contributed by atoms with Crippen LogP contribution < -0.4 is 15.8 Å². The Hall–Kier alpha value is -3.86. The highest BCUT2D eigenvalue weighted by Gasteiger charge is 2.13. The molecule has 124 valence electrons. The van der Waals surface area contributed by atoms with Crippen LogP contribution in [0, 0.1) is 11.3 Å². The van der Waals surface area contributed by atoms with Crippen molar-refractivity contribution < 1.29 is 9.53 Å². The molecule has 0 fully saturated rings. The molecule has 8 nitrogen and oxygen atoms in total. The molecule has 0 saturated carbocycles. The first-order valence-electron chi connectivity index (χ1n) is 7.28. The molecule has 0 unspecified atom stereocenters. The summed E-state index contributed by atoms with van der Waals surface area (Å²) in [5.41, 5.74) is 7.61. The zero-order valence-corrected chi connectivity index (χ0v) is 13.3. The zero-order chi connectivity index (χ0) is 17.8. The molecule has 0 aliphatic rings.